The van der Waals surface area contributed by atoms with Crippen LogP contribution in [0.1, 0.15) is 25.7 Å². The third-order valence-electron chi connectivity index (χ3n) is 2.92. The summed E-state index contributed by atoms with van der Waals surface area (Å²) in [5.74, 6) is 0. The summed E-state index contributed by atoms with van der Waals surface area (Å²) in [6.45, 7) is 1.82. The molecule has 15 heavy (non-hydrogen) atoms. The van der Waals surface area contributed by atoms with Crippen molar-refractivity contribution in [2.24, 2.45) is 0 Å². The van der Waals surface area contributed by atoms with Gasteiger partial charge in [-0.2, -0.15) is 0 Å². The van der Waals surface area contributed by atoms with Gasteiger partial charge in [-0.05, 0) is 32.2 Å². The van der Waals surface area contributed by atoms with Gasteiger partial charge in [-0.25, -0.2) is 0 Å². The third kappa shape index (κ3) is 3.00. The minimum absolute atomic E-state index is 0.142. The highest BCUT2D eigenvalue weighted by molar-refractivity contribution is 4.82. The predicted octanol–water partition coefficient (Wildman–Crippen LogP) is 0.171. The zero-order valence-corrected chi connectivity index (χ0v) is 8.84. The van der Waals surface area contributed by atoms with Gasteiger partial charge >= 0.3 is 0 Å². The number of aliphatic hydroxyl groups is 1. The first-order valence-corrected chi connectivity index (χ1v) is 5.62. The van der Waals surface area contributed by atoms with Crippen LogP contribution in [0.15, 0.2) is 12.4 Å². The van der Waals surface area contributed by atoms with Crippen LogP contribution >= 0.6 is 0 Å². The maximum absolute atomic E-state index is 9.58. The van der Waals surface area contributed by atoms with Crippen molar-refractivity contribution in [1.29, 1.82) is 0 Å². The van der Waals surface area contributed by atoms with Crippen LogP contribution in [0.4, 0.5) is 0 Å². The van der Waals surface area contributed by atoms with Gasteiger partial charge in [-0.3, -0.25) is 4.68 Å². The van der Waals surface area contributed by atoms with Crippen molar-refractivity contribution in [3.8, 4) is 0 Å². The summed E-state index contributed by atoms with van der Waals surface area (Å²) >= 11 is 0. The Morgan fingerprint density at radius 3 is 3.07 bits per heavy atom. The first kappa shape index (κ1) is 10.6. The number of hydrogen-bond donors (Lipinski definition) is 2. The Morgan fingerprint density at radius 2 is 2.40 bits per heavy atom. The van der Waals surface area contributed by atoms with Crippen molar-refractivity contribution < 1.29 is 5.11 Å². The topological polar surface area (TPSA) is 63.0 Å². The minimum Gasteiger partial charge on any atom is -0.392 e. The van der Waals surface area contributed by atoms with E-state index in [1.54, 1.807) is 6.20 Å². The molecule has 1 aromatic heterocycles. The number of aryl methyl sites for hydroxylation is 1. The molecule has 0 amide bonds. The lowest BCUT2D eigenvalue weighted by Gasteiger charge is -2.15. The molecule has 0 aliphatic heterocycles. The zero-order chi connectivity index (χ0) is 10.5. The molecule has 5 nitrogen and oxygen atoms in total. The van der Waals surface area contributed by atoms with Gasteiger partial charge in [0.15, 0.2) is 0 Å². The molecule has 1 heterocycles. The van der Waals surface area contributed by atoms with E-state index in [0.717, 1.165) is 38.8 Å². The van der Waals surface area contributed by atoms with E-state index >= 15 is 0 Å². The molecule has 84 valence electrons. The smallest absolute Gasteiger partial charge is 0.0693 e. The molecular formula is C10H18N4O. The Kier molecular flexibility index (Phi) is 3.69. The minimum atomic E-state index is -0.142. The number of nitrogens with zero attached hydrogens (tertiary/aromatic N) is 3. The van der Waals surface area contributed by atoms with E-state index in [-0.39, 0.29) is 6.10 Å². The van der Waals surface area contributed by atoms with Crippen LogP contribution in [0.3, 0.4) is 0 Å². The van der Waals surface area contributed by atoms with Gasteiger partial charge in [0.25, 0.3) is 0 Å². The van der Waals surface area contributed by atoms with Crippen molar-refractivity contribution in [3.05, 3.63) is 12.4 Å². The monoisotopic (exact) mass is 210 g/mol. The van der Waals surface area contributed by atoms with E-state index in [0.29, 0.717) is 6.04 Å². The van der Waals surface area contributed by atoms with Crippen molar-refractivity contribution in [2.75, 3.05) is 6.54 Å². The predicted molar refractivity (Wildman–Crippen MR) is 56.3 cm³/mol. The van der Waals surface area contributed by atoms with Gasteiger partial charge in [0.2, 0.25) is 0 Å². The fraction of sp³-hybridized carbons (Fsp3) is 0.800. The van der Waals surface area contributed by atoms with E-state index in [1.807, 2.05) is 10.9 Å². The van der Waals surface area contributed by atoms with E-state index in [4.69, 9.17) is 0 Å². The molecule has 1 fully saturated rings. The normalized spacial score (nSPS) is 25.9. The Bertz CT molecular complexity index is 275. The Balaban J connectivity index is 1.59. The average molecular weight is 210 g/mol. The maximum atomic E-state index is 9.58. The molecule has 0 saturated heterocycles. The molecule has 1 saturated carbocycles. The van der Waals surface area contributed by atoms with Crippen LogP contribution in [0, 0.1) is 0 Å². The van der Waals surface area contributed by atoms with Gasteiger partial charge < -0.3 is 10.4 Å². The van der Waals surface area contributed by atoms with E-state index in [1.165, 1.54) is 0 Å². The molecule has 5 heteroatoms. The lowest BCUT2D eigenvalue weighted by molar-refractivity contribution is 0.149. The van der Waals surface area contributed by atoms with E-state index < -0.39 is 0 Å². The summed E-state index contributed by atoms with van der Waals surface area (Å²) < 4.78 is 1.83. The number of aromatic nitrogens is 3. The second-order valence-electron chi connectivity index (χ2n) is 4.08. The first-order chi connectivity index (χ1) is 7.36. The van der Waals surface area contributed by atoms with Gasteiger partial charge in [-0.15, -0.1) is 5.10 Å². The summed E-state index contributed by atoms with van der Waals surface area (Å²) in [4.78, 5) is 0. The van der Waals surface area contributed by atoms with Crippen LogP contribution in [-0.4, -0.2) is 38.8 Å². The second kappa shape index (κ2) is 5.23. The van der Waals surface area contributed by atoms with E-state index in [2.05, 4.69) is 15.6 Å². The molecule has 1 aliphatic rings. The van der Waals surface area contributed by atoms with Gasteiger partial charge in [-0.1, -0.05) is 5.21 Å². The lowest BCUT2D eigenvalue weighted by atomic mass is 10.2. The van der Waals surface area contributed by atoms with Crippen molar-refractivity contribution in [3.63, 3.8) is 0 Å². The second-order valence-corrected chi connectivity index (χ2v) is 4.08. The van der Waals surface area contributed by atoms with Crippen LogP contribution in [0.25, 0.3) is 0 Å². The fourth-order valence-corrected chi connectivity index (χ4v) is 2.06. The summed E-state index contributed by atoms with van der Waals surface area (Å²) in [6, 6.07) is 0.306. The quantitative estimate of drug-likeness (QED) is 0.680. The standard InChI is InChI=1S/C10H18N4O/c15-10-4-1-3-9(10)11-5-2-7-14-8-6-12-13-14/h6,8-11,15H,1-5,7H2/t9-,10-/m0/s1. The highest BCUT2D eigenvalue weighted by Gasteiger charge is 2.23. The zero-order valence-electron chi connectivity index (χ0n) is 8.84. The van der Waals surface area contributed by atoms with Crippen LogP contribution in [-0.2, 0) is 6.54 Å². The summed E-state index contributed by atoms with van der Waals surface area (Å²) in [6.07, 6.45) is 7.62. The van der Waals surface area contributed by atoms with Gasteiger partial charge in [0.1, 0.15) is 0 Å². The highest BCUT2D eigenvalue weighted by atomic mass is 16.3. The summed E-state index contributed by atoms with van der Waals surface area (Å²) in [5.41, 5.74) is 0. The molecule has 1 aromatic rings. The molecule has 0 spiro atoms. The third-order valence-corrected chi connectivity index (χ3v) is 2.92. The van der Waals surface area contributed by atoms with Gasteiger partial charge in [0.05, 0.1) is 12.3 Å². The molecule has 0 bridgehead atoms. The molecule has 0 unspecified atom stereocenters. The molecule has 1 aliphatic carbocycles. The Morgan fingerprint density at radius 1 is 1.47 bits per heavy atom. The number of nitrogens with one attached hydrogen (secondary N) is 1. The molecule has 2 rings (SSSR count). The Hall–Kier alpha value is -0.940. The molecule has 0 radical (unpaired) electrons. The Labute approximate surface area is 89.5 Å². The van der Waals surface area contributed by atoms with Crippen LogP contribution < -0.4 is 5.32 Å². The van der Waals surface area contributed by atoms with Crippen molar-refractivity contribution in [2.45, 2.75) is 44.4 Å². The van der Waals surface area contributed by atoms with Gasteiger partial charge in [0, 0.05) is 18.8 Å². The summed E-state index contributed by atoms with van der Waals surface area (Å²) in [7, 11) is 0. The summed E-state index contributed by atoms with van der Waals surface area (Å²) in [5, 5.41) is 20.6. The first-order valence-electron chi connectivity index (χ1n) is 5.62. The highest BCUT2D eigenvalue weighted by Crippen LogP contribution is 2.18. The molecule has 0 aromatic carbocycles. The number of hydrogen-bond acceptors (Lipinski definition) is 4. The molecule has 2 atom stereocenters. The fourth-order valence-electron chi connectivity index (χ4n) is 2.06. The molecular weight excluding hydrogens is 192 g/mol. The molecule has 2 N–H and O–H groups in total. The van der Waals surface area contributed by atoms with E-state index in [9.17, 15) is 5.11 Å². The van der Waals surface area contributed by atoms with Crippen LogP contribution in [0.2, 0.25) is 0 Å². The van der Waals surface area contributed by atoms with Crippen LogP contribution in [0.5, 0.6) is 0 Å². The average Bonchev–Trinajstić information content (AvgIpc) is 2.85. The SMILES string of the molecule is O[C@H]1CCC[C@@H]1NCCCn1ccnn1. The lowest BCUT2D eigenvalue weighted by Crippen LogP contribution is -2.36. The number of rotatable bonds is 5. The maximum Gasteiger partial charge on any atom is 0.0693 e. The largest absolute Gasteiger partial charge is 0.392 e. The van der Waals surface area contributed by atoms with Crippen molar-refractivity contribution in [1.82, 2.24) is 20.3 Å². The number of aliphatic hydroxyl groups excluding tert-OH is 1. The van der Waals surface area contributed by atoms with Crippen molar-refractivity contribution >= 4 is 0 Å².